The van der Waals surface area contributed by atoms with Gasteiger partial charge in [0.15, 0.2) is 0 Å². The Labute approximate surface area is 170 Å². The number of nitrogens with zero attached hydrogens (tertiary/aromatic N) is 1. The van der Waals surface area contributed by atoms with E-state index in [2.05, 4.69) is 32.2 Å². The van der Waals surface area contributed by atoms with E-state index in [0.29, 0.717) is 22.0 Å². The molecule has 3 nitrogen and oxygen atoms in total. The fourth-order valence-corrected chi connectivity index (χ4v) is 5.31. The van der Waals surface area contributed by atoms with E-state index in [1.54, 1.807) is 11.3 Å². The quantitative estimate of drug-likeness (QED) is 0.570. The maximum Gasteiger partial charge on any atom is 0.256 e. The van der Waals surface area contributed by atoms with Crippen molar-refractivity contribution >= 4 is 33.0 Å². The Kier molecular flexibility index (Phi) is 4.72. The van der Waals surface area contributed by atoms with Gasteiger partial charge < -0.3 is 5.32 Å². The summed E-state index contributed by atoms with van der Waals surface area (Å²) in [5.41, 5.74) is 2.66. The third-order valence-corrected chi connectivity index (χ3v) is 7.01. The van der Waals surface area contributed by atoms with Crippen LogP contribution < -0.4 is 5.32 Å². The van der Waals surface area contributed by atoms with E-state index in [9.17, 15) is 10.1 Å². The standard InChI is InChI=1S/C24H24N2OS/c1-24(2,3)18-10-11-19-20(14-25)23(28-21(19)13-18)26-22(27)17-9-8-15-6-4-5-7-16(15)12-17/h4-9,12,18H,10-11,13H2,1-3H3,(H,26,27)/t18-/m1/s1. The highest BCUT2D eigenvalue weighted by molar-refractivity contribution is 7.16. The normalized spacial score (nSPS) is 16.4. The van der Waals surface area contributed by atoms with Gasteiger partial charge in [-0.2, -0.15) is 5.26 Å². The summed E-state index contributed by atoms with van der Waals surface area (Å²) in [6, 6.07) is 16.0. The van der Waals surface area contributed by atoms with Crippen LogP contribution in [-0.4, -0.2) is 5.91 Å². The van der Waals surface area contributed by atoms with Gasteiger partial charge in [0.1, 0.15) is 11.1 Å². The first-order valence-electron chi connectivity index (χ1n) is 9.71. The largest absolute Gasteiger partial charge is 0.312 e. The minimum Gasteiger partial charge on any atom is -0.312 e. The molecule has 0 bridgehead atoms. The molecule has 28 heavy (non-hydrogen) atoms. The van der Waals surface area contributed by atoms with Gasteiger partial charge in [-0.15, -0.1) is 11.3 Å². The predicted molar refractivity (Wildman–Crippen MR) is 116 cm³/mol. The smallest absolute Gasteiger partial charge is 0.256 e. The molecule has 0 saturated carbocycles. The van der Waals surface area contributed by atoms with Crippen LogP contribution in [-0.2, 0) is 12.8 Å². The van der Waals surface area contributed by atoms with Gasteiger partial charge in [-0.25, -0.2) is 0 Å². The van der Waals surface area contributed by atoms with Crippen molar-refractivity contribution in [2.24, 2.45) is 11.3 Å². The van der Waals surface area contributed by atoms with Crippen molar-refractivity contribution in [3.05, 3.63) is 64.0 Å². The van der Waals surface area contributed by atoms with Crippen LogP contribution in [0.15, 0.2) is 42.5 Å². The Hall–Kier alpha value is -2.64. The molecule has 1 aromatic heterocycles. The van der Waals surface area contributed by atoms with E-state index in [0.717, 1.165) is 35.6 Å². The van der Waals surface area contributed by atoms with Gasteiger partial charge in [0.05, 0.1) is 5.56 Å². The van der Waals surface area contributed by atoms with Crippen LogP contribution in [0.1, 0.15) is 53.6 Å². The molecular formula is C24H24N2OS. The van der Waals surface area contributed by atoms with Gasteiger partial charge in [-0.05, 0) is 59.1 Å². The van der Waals surface area contributed by atoms with Crippen molar-refractivity contribution < 1.29 is 4.79 Å². The fourth-order valence-electron chi connectivity index (χ4n) is 4.04. The number of hydrogen-bond donors (Lipinski definition) is 1. The molecule has 0 spiro atoms. The number of carbonyl (C=O) groups excluding carboxylic acids is 1. The first kappa shape index (κ1) is 18.7. The van der Waals surface area contributed by atoms with Crippen LogP contribution in [0, 0.1) is 22.7 Å². The van der Waals surface area contributed by atoms with Crippen molar-refractivity contribution in [1.82, 2.24) is 0 Å². The van der Waals surface area contributed by atoms with Gasteiger partial charge in [-0.3, -0.25) is 4.79 Å². The highest BCUT2D eigenvalue weighted by Crippen LogP contribution is 2.44. The Morgan fingerprint density at radius 2 is 1.93 bits per heavy atom. The summed E-state index contributed by atoms with van der Waals surface area (Å²) in [4.78, 5) is 14.1. The molecule has 3 aromatic rings. The summed E-state index contributed by atoms with van der Waals surface area (Å²) in [6.07, 6.45) is 3.01. The lowest BCUT2D eigenvalue weighted by Gasteiger charge is -2.33. The molecule has 1 heterocycles. The molecule has 0 unspecified atom stereocenters. The molecule has 1 atom stereocenters. The minimum atomic E-state index is -0.159. The van der Waals surface area contributed by atoms with E-state index in [1.807, 2.05) is 42.5 Å². The fraction of sp³-hybridized carbons (Fsp3) is 0.333. The first-order chi connectivity index (χ1) is 13.4. The Morgan fingerprint density at radius 1 is 1.18 bits per heavy atom. The third kappa shape index (κ3) is 3.43. The zero-order chi connectivity index (χ0) is 19.9. The SMILES string of the molecule is CC(C)(C)[C@@H]1CCc2c(sc(NC(=O)c3ccc4ccccc4c3)c2C#N)C1. The molecular weight excluding hydrogens is 364 g/mol. The number of nitrogens with one attached hydrogen (secondary N) is 1. The van der Waals surface area contributed by atoms with Crippen LogP contribution in [0.3, 0.4) is 0 Å². The number of fused-ring (bicyclic) bond motifs is 2. The van der Waals surface area contributed by atoms with Crippen LogP contribution in [0.5, 0.6) is 0 Å². The number of benzene rings is 2. The number of hydrogen-bond acceptors (Lipinski definition) is 3. The van der Waals surface area contributed by atoms with E-state index >= 15 is 0 Å². The van der Waals surface area contributed by atoms with Crippen LogP contribution >= 0.6 is 11.3 Å². The van der Waals surface area contributed by atoms with E-state index < -0.39 is 0 Å². The number of anilines is 1. The minimum absolute atomic E-state index is 0.159. The Balaban J connectivity index is 1.62. The molecule has 1 aliphatic rings. The Morgan fingerprint density at radius 3 is 2.64 bits per heavy atom. The average molecular weight is 389 g/mol. The third-order valence-electron chi connectivity index (χ3n) is 5.84. The number of thiophene rings is 1. The van der Waals surface area contributed by atoms with Gasteiger partial charge in [0.2, 0.25) is 0 Å². The highest BCUT2D eigenvalue weighted by atomic mass is 32.1. The average Bonchev–Trinajstić information content (AvgIpc) is 3.02. The zero-order valence-electron chi connectivity index (χ0n) is 16.5. The van der Waals surface area contributed by atoms with Crippen molar-refractivity contribution in [2.45, 2.75) is 40.0 Å². The second kappa shape index (κ2) is 7.07. The van der Waals surface area contributed by atoms with Crippen molar-refractivity contribution in [3.8, 4) is 6.07 Å². The van der Waals surface area contributed by atoms with Crippen LogP contribution in [0.4, 0.5) is 5.00 Å². The molecule has 0 aliphatic heterocycles. The number of carbonyl (C=O) groups is 1. The molecule has 0 radical (unpaired) electrons. The van der Waals surface area contributed by atoms with Crippen molar-refractivity contribution in [1.29, 1.82) is 5.26 Å². The lowest BCUT2D eigenvalue weighted by molar-refractivity contribution is 0.102. The van der Waals surface area contributed by atoms with E-state index in [1.165, 1.54) is 4.88 Å². The van der Waals surface area contributed by atoms with E-state index in [4.69, 9.17) is 0 Å². The number of amides is 1. The topological polar surface area (TPSA) is 52.9 Å². The lowest BCUT2D eigenvalue weighted by Crippen LogP contribution is -2.26. The zero-order valence-corrected chi connectivity index (χ0v) is 17.3. The highest BCUT2D eigenvalue weighted by Gasteiger charge is 2.32. The monoisotopic (exact) mass is 388 g/mol. The summed E-state index contributed by atoms with van der Waals surface area (Å²) >= 11 is 1.58. The lowest BCUT2D eigenvalue weighted by atomic mass is 9.72. The molecule has 1 aliphatic carbocycles. The number of rotatable bonds is 2. The molecule has 1 amide bonds. The van der Waals surface area contributed by atoms with Gasteiger partial charge >= 0.3 is 0 Å². The summed E-state index contributed by atoms with van der Waals surface area (Å²) < 4.78 is 0. The molecule has 0 saturated heterocycles. The second-order valence-corrected chi connectivity index (χ2v) is 9.75. The maximum atomic E-state index is 12.8. The molecule has 1 N–H and O–H groups in total. The molecule has 2 aromatic carbocycles. The molecule has 4 heteroatoms. The van der Waals surface area contributed by atoms with Gasteiger partial charge in [-0.1, -0.05) is 51.1 Å². The van der Waals surface area contributed by atoms with E-state index in [-0.39, 0.29) is 11.3 Å². The maximum absolute atomic E-state index is 12.8. The number of nitriles is 1. The summed E-state index contributed by atoms with van der Waals surface area (Å²) in [6.45, 7) is 6.84. The van der Waals surface area contributed by atoms with Crippen molar-refractivity contribution in [3.63, 3.8) is 0 Å². The molecule has 142 valence electrons. The molecule has 4 rings (SSSR count). The molecule has 0 fully saturated rings. The van der Waals surface area contributed by atoms with Gasteiger partial charge in [0, 0.05) is 10.4 Å². The first-order valence-corrected chi connectivity index (χ1v) is 10.5. The Bertz CT molecular complexity index is 1100. The predicted octanol–water partition coefficient (Wildman–Crippen LogP) is 6.18. The van der Waals surface area contributed by atoms with Crippen molar-refractivity contribution in [2.75, 3.05) is 5.32 Å². The summed E-state index contributed by atoms with van der Waals surface area (Å²) in [5.74, 6) is 0.447. The second-order valence-electron chi connectivity index (χ2n) is 8.64. The van der Waals surface area contributed by atoms with Gasteiger partial charge in [0.25, 0.3) is 5.91 Å². The van der Waals surface area contributed by atoms with Crippen LogP contribution in [0.2, 0.25) is 0 Å². The summed E-state index contributed by atoms with van der Waals surface area (Å²) in [7, 11) is 0. The van der Waals surface area contributed by atoms with Crippen LogP contribution in [0.25, 0.3) is 10.8 Å². The summed E-state index contributed by atoms with van der Waals surface area (Å²) in [5, 5.41) is 15.6.